The molecule has 4 heteroatoms. The highest BCUT2D eigenvalue weighted by Crippen LogP contribution is 2.17. The van der Waals surface area contributed by atoms with Gasteiger partial charge in [-0.05, 0) is 37.3 Å². The van der Waals surface area contributed by atoms with E-state index in [4.69, 9.17) is 4.74 Å². The summed E-state index contributed by atoms with van der Waals surface area (Å²) in [6.45, 7) is 2.39. The van der Waals surface area contributed by atoms with Crippen molar-refractivity contribution in [3.63, 3.8) is 0 Å². The minimum atomic E-state index is -0.214. The number of hydrogen-bond acceptors (Lipinski definition) is 3. The Bertz CT molecular complexity index is 579. The number of carbonyl (C=O) groups is 1. The van der Waals surface area contributed by atoms with Gasteiger partial charge in [-0.3, -0.25) is 4.79 Å². The fourth-order valence-electron chi connectivity index (χ4n) is 1.84. The predicted octanol–water partition coefficient (Wildman–Crippen LogP) is 2.83. The Kier molecular flexibility index (Phi) is 4.74. The van der Waals surface area contributed by atoms with E-state index < -0.39 is 0 Å². The molecule has 0 aromatic heterocycles. The molecule has 0 spiro atoms. The van der Waals surface area contributed by atoms with Gasteiger partial charge in [0.05, 0.1) is 13.2 Å². The first-order valence-electron chi connectivity index (χ1n) is 6.47. The van der Waals surface area contributed by atoms with Crippen LogP contribution in [0, 0.1) is 0 Å². The summed E-state index contributed by atoms with van der Waals surface area (Å²) < 4.78 is 5.33. The molecule has 0 fully saturated rings. The van der Waals surface area contributed by atoms with Crippen LogP contribution in [-0.4, -0.2) is 17.6 Å². The molecular weight excluding hydrogens is 254 g/mol. The summed E-state index contributed by atoms with van der Waals surface area (Å²) in [5.41, 5.74) is 1.85. The number of aliphatic hydroxyl groups excluding tert-OH is 1. The maximum absolute atomic E-state index is 12.1. The summed E-state index contributed by atoms with van der Waals surface area (Å²) in [5.74, 6) is 0.522. The molecule has 0 saturated heterocycles. The van der Waals surface area contributed by atoms with Crippen molar-refractivity contribution < 1.29 is 14.6 Å². The maximum Gasteiger partial charge on any atom is 0.255 e. The monoisotopic (exact) mass is 271 g/mol. The molecule has 0 saturated carbocycles. The van der Waals surface area contributed by atoms with Crippen LogP contribution < -0.4 is 10.1 Å². The van der Waals surface area contributed by atoms with E-state index >= 15 is 0 Å². The first-order chi connectivity index (χ1) is 9.74. The van der Waals surface area contributed by atoms with E-state index in [1.165, 1.54) is 0 Å². The van der Waals surface area contributed by atoms with Crippen LogP contribution in [0.4, 0.5) is 5.69 Å². The third kappa shape index (κ3) is 3.36. The molecule has 0 atom stereocenters. The van der Waals surface area contributed by atoms with Crippen molar-refractivity contribution in [2.75, 3.05) is 11.9 Å². The minimum absolute atomic E-state index is 0.111. The van der Waals surface area contributed by atoms with Gasteiger partial charge in [0.25, 0.3) is 5.91 Å². The fraction of sp³-hybridized carbons (Fsp3) is 0.188. The van der Waals surface area contributed by atoms with Crippen molar-refractivity contribution in [3.05, 3.63) is 59.7 Å². The smallest absolute Gasteiger partial charge is 0.255 e. The van der Waals surface area contributed by atoms with Crippen LogP contribution in [0.25, 0.3) is 0 Å². The highest BCUT2D eigenvalue weighted by Gasteiger charge is 2.08. The topological polar surface area (TPSA) is 58.6 Å². The van der Waals surface area contributed by atoms with Crippen LogP contribution in [0.5, 0.6) is 5.75 Å². The quantitative estimate of drug-likeness (QED) is 0.879. The zero-order chi connectivity index (χ0) is 14.4. The molecule has 0 aliphatic heterocycles. The van der Waals surface area contributed by atoms with E-state index in [2.05, 4.69) is 5.32 Å². The summed E-state index contributed by atoms with van der Waals surface area (Å²) in [4.78, 5) is 12.1. The predicted molar refractivity (Wildman–Crippen MR) is 77.9 cm³/mol. The molecule has 0 aliphatic carbocycles. The lowest BCUT2D eigenvalue weighted by Crippen LogP contribution is -2.13. The van der Waals surface area contributed by atoms with Crippen LogP contribution >= 0.6 is 0 Å². The number of hydrogen-bond donors (Lipinski definition) is 2. The second-order valence-corrected chi connectivity index (χ2v) is 4.23. The first kappa shape index (κ1) is 14.1. The van der Waals surface area contributed by atoms with Gasteiger partial charge in [0.2, 0.25) is 0 Å². The second-order valence-electron chi connectivity index (χ2n) is 4.23. The minimum Gasteiger partial charge on any atom is -0.494 e. The largest absolute Gasteiger partial charge is 0.494 e. The Labute approximate surface area is 118 Å². The van der Waals surface area contributed by atoms with Crippen LogP contribution in [0.3, 0.4) is 0 Å². The van der Waals surface area contributed by atoms with Crippen molar-refractivity contribution >= 4 is 11.6 Å². The molecule has 1 amide bonds. The van der Waals surface area contributed by atoms with Gasteiger partial charge in [-0.2, -0.15) is 0 Å². The van der Waals surface area contributed by atoms with Gasteiger partial charge in [0, 0.05) is 16.8 Å². The molecule has 0 aliphatic rings. The highest BCUT2D eigenvalue weighted by molar-refractivity contribution is 6.04. The third-order valence-electron chi connectivity index (χ3n) is 2.86. The molecule has 0 unspecified atom stereocenters. The number of rotatable bonds is 5. The number of ether oxygens (including phenoxy) is 1. The third-order valence-corrected chi connectivity index (χ3v) is 2.86. The fourth-order valence-corrected chi connectivity index (χ4v) is 1.84. The average molecular weight is 271 g/mol. The number of amides is 1. The Hall–Kier alpha value is -2.33. The molecule has 104 valence electrons. The van der Waals surface area contributed by atoms with E-state index in [-0.39, 0.29) is 12.5 Å². The Morgan fingerprint density at radius 2 is 1.85 bits per heavy atom. The van der Waals surface area contributed by atoms with Gasteiger partial charge in [-0.25, -0.2) is 0 Å². The standard InChI is InChI=1S/C16H17NO3/c1-2-20-14-9-7-12(8-10-14)16(19)17-15-6-4-3-5-13(15)11-18/h3-10,18H,2,11H2,1H3,(H,17,19). The summed E-state index contributed by atoms with van der Waals surface area (Å²) >= 11 is 0. The SMILES string of the molecule is CCOc1ccc(C(=O)Nc2ccccc2CO)cc1. The molecule has 2 N–H and O–H groups in total. The number of carbonyl (C=O) groups excluding carboxylic acids is 1. The van der Waals surface area contributed by atoms with E-state index in [0.717, 1.165) is 5.75 Å². The van der Waals surface area contributed by atoms with E-state index in [1.54, 1.807) is 36.4 Å². The van der Waals surface area contributed by atoms with Crippen LogP contribution in [0.2, 0.25) is 0 Å². The normalized spacial score (nSPS) is 10.1. The number of benzene rings is 2. The van der Waals surface area contributed by atoms with Gasteiger partial charge in [-0.1, -0.05) is 18.2 Å². The lowest BCUT2D eigenvalue weighted by Gasteiger charge is -2.09. The summed E-state index contributed by atoms with van der Waals surface area (Å²) in [5, 5.41) is 12.0. The number of anilines is 1. The maximum atomic E-state index is 12.1. The van der Waals surface area contributed by atoms with Gasteiger partial charge in [0.15, 0.2) is 0 Å². The molecule has 2 rings (SSSR count). The zero-order valence-corrected chi connectivity index (χ0v) is 11.3. The zero-order valence-electron chi connectivity index (χ0n) is 11.3. The molecule has 4 nitrogen and oxygen atoms in total. The molecule has 2 aromatic rings. The van der Waals surface area contributed by atoms with Gasteiger partial charge in [0.1, 0.15) is 5.75 Å². The van der Waals surface area contributed by atoms with Crippen molar-refractivity contribution in [2.45, 2.75) is 13.5 Å². The molecule has 0 radical (unpaired) electrons. The van der Waals surface area contributed by atoms with Crippen molar-refractivity contribution in [2.24, 2.45) is 0 Å². The summed E-state index contributed by atoms with van der Waals surface area (Å²) in [6.07, 6.45) is 0. The van der Waals surface area contributed by atoms with Gasteiger partial charge in [-0.15, -0.1) is 0 Å². The Morgan fingerprint density at radius 3 is 2.50 bits per heavy atom. The lowest BCUT2D eigenvalue weighted by atomic mass is 10.1. The van der Waals surface area contributed by atoms with Gasteiger partial charge < -0.3 is 15.2 Å². The molecular formula is C16H17NO3. The first-order valence-corrected chi connectivity index (χ1v) is 6.47. The van der Waals surface area contributed by atoms with Crippen molar-refractivity contribution in [1.29, 1.82) is 0 Å². The molecule has 20 heavy (non-hydrogen) atoms. The summed E-state index contributed by atoms with van der Waals surface area (Å²) in [7, 11) is 0. The summed E-state index contributed by atoms with van der Waals surface area (Å²) in [6, 6.07) is 14.1. The Balaban J connectivity index is 2.11. The highest BCUT2D eigenvalue weighted by atomic mass is 16.5. The van der Waals surface area contributed by atoms with Crippen LogP contribution in [-0.2, 0) is 6.61 Å². The van der Waals surface area contributed by atoms with Crippen LogP contribution in [0.1, 0.15) is 22.8 Å². The van der Waals surface area contributed by atoms with Crippen LogP contribution in [0.15, 0.2) is 48.5 Å². The lowest BCUT2D eigenvalue weighted by molar-refractivity contribution is 0.102. The van der Waals surface area contributed by atoms with E-state index in [9.17, 15) is 9.90 Å². The number of aliphatic hydroxyl groups is 1. The molecule has 0 heterocycles. The Morgan fingerprint density at radius 1 is 1.15 bits per heavy atom. The van der Waals surface area contributed by atoms with Crippen molar-refractivity contribution in [1.82, 2.24) is 0 Å². The number of nitrogens with one attached hydrogen (secondary N) is 1. The van der Waals surface area contributed by atoms with Crippen molar-refractivity contribution in [3.8, 4) is 5.75 Å². The van der Waals surface area contributed by atoms with E-state index in [1.807, 2.05) is 19.1 Å². The number of para-hydroxylation sites is 1. The molecule has 2 aromatic carbocycles. The van der Waals surface area contributed by atoms with E-state index in [0.29, 0.717) is 23.4 Å². The second kappa shape index (κ2) is 6.73. The van der Waals surface area contributed by atoms with Gasteiger partial charge >= 0.3 is 0 Å². The average Bonchev–Trinajstić information content (AvgIpc) is 2.49. The molecule has 0 bridgehead atoms.